The molecule has 0 aliphatic carbocycles. The molecule has 90 valence electrons. The fraction of sp³-hybridized carbons (Fsp3) is 0.500. The molecule has 2 N–H and O–H groups in total. The molecule has 2 nitrogen and oxygen atoms in total. The van der Waals surface area contributed by atoms with Crippen LogP contribution in [0.5, 0.6) is 0 Å². The molecule has 1 rings (SSSR count). The molecule has 1 aromatic carbocycles. The van der Waals surface area contributed by atoms with Gasteiger partial charge in [0.2, 0.25) is 0 Å². The highest BCUT2D eigenvalue weighted by molar-refractivity contribution is 7.84. The third-order valence-electron chi connectivity index (χ3n) is 2.80. The first-order valence-electron chi connectivity index (χ1n) is 5.33. The zero-order valence-electron chi connectivity index (χ0n) is 9.87. The van der Waals surface area contributed by atoms with E-state index in [1.807, 2.05) is 6.92 Å². The Hall–Kier alpha value is -0.540. The number of hydrogen-bond acceptors (Lipinski definition) is 2. The Kier molecular flexibility index (Phi) is 4.81. The van der Waals surface area contributed by atoms with Gasteiger partial charge in [-0.15, -0.1) is 0 Å². The minimum Gasteiger partial charge on any atom is -0.398 e. The Morgan fingerprint density at radius 2 is 2.00 bits per heavy atom. The van der Waals surface area contributed by atoms with E-state index in [2.05, 4.69) is 13.8 Å². The zero-order chi connectivity index (χ0) is 12.3. The molecular weight excluding hydrogens is 242 g/mol. The van der Waals surface area contributed by atoms with Gasteiger partial charge < -0.3 is 5.73 Å². The van der Waals surface area contributed by atoms with Crippen molar-refractivity contribution in [2.75, 3.05) is 5.73 Å². The Balaban J connectivity index is 2.85. The molecule has 0 saturated heterocycles. The predicted molar refractivity (Wildman–Crippen MR) is 72.0 cm³/mol. The van der Waals surface area contributed by atoms with Gasteiger partial charge in [0.25, 0.3) is 0 Å². The molecule has 0 radical (unpaired) electrons. The van der Waals surface area contributed by atoms with Crippen molar-refractivity contribution >= 4 is 28.1 Å². The molecule has 0 heterocycles. The van der Waals surface area contributed by atoms with Crippen LogP contribution in [0.4, 0.5) is 5.69 Å². The van der Waals surface area contributed by atoms with Gasteiger partial charge >= 0.3 is 0 Å². The van der Waals surface area contributed by atoms with E-state index in [1.54, 1.807) is 18.2 Å². The van der Waals surface area contributed by atoms with Crippen LogP contribution >= 0.6 is 11.6 Å². The first-order valence-corrected chi connectivity index (χ1v) is 7.09. The summed E-state index contributed by atoms with van der Waals surface area (Å²) in [5, 5.41) is 0.750. The second-order valence-corrected chi connectivity index (χ2v) is 6.48. The molecule has 0 aromatic heterocycles. The van der Waals surface area contributed by atoms with Crippen LogP contribution in [-0.2, 0) is 16.6 Å². The van der Waals surface area contributed by atoms with Crippen LogP contribution in [0.15, 0.2) is 18.2 Å². The Morgan fingerprint density at radius 1 is 1.38 bits per heavy atom. The van der Waals surface area contributed by atoms with Crippen molar-refractivity contribution in [1.29, 1.82) is 0 Å². The van der Waals surface area contributed by atoms with Gasteiger partial charge in [-0.25, -0.2) is 0 Å². The molecule has 1 aromatic rings. The summed E-state index contributed by atoms with van der Waals surface area (Å²) in [7, 11) is -0.931. The molecule has 0 bridgehead atoms. The van der Waals surface area contributed by atoms with E-state index in [-0.39, 0.29) is 5.25 Å². The summed E-state index contributed by atoms with van der Waals surface area (Å²) < 4.78 is 12.1. The van der Waals surface area contributed by atoms with E-state index in [4.69, 9.17) is 17.3 Å². The highest BCUT2D eigenvalue weighted by Crippen LogP contribution is 2.25. The maximum Gasteiger partial charge on any atom is 0.0523 e. The number of halogens is 1. The number of benzene rings is 1. The predicted octanol–water partition coefficient (Wildman–Crippen LogP) is 3.22. The minimum absolute atomic E-state index is 0.149. The third-order valence-corrected chi connectivity index (χ3v) is 5.10. The normalized spacial score (nSPS) is 15.1. The Labute approximate surface area is 105 Å². The van der Waals surface area contributed by atoms with Crippen molar-refractivity contribution < 1.29 is 4.21 Å². The lowest BCUT2D eigenvalue weighted by molar-refractivity contribution is 0.605. The van der Waals surface area contributed by atoms with E-state index in [0.717, 1.165) is 5.56 Å². The van der Waals surface area contributed by atoms with Crippen LogP contribution < -0.4 is 5.73 Å². The molecule has 0 aliphatic rings. The molecule has 4 heteroatoms. The summed E-state index contributed by atoms with van der Waals surface area (Å²) in [5.74, 6) is 0.828. The van der Waals surface area contributed by atoms with Gasteiger partial charge in [0.05, 0.1) is 5.75 Å². The third kappa shape index (κ3) is 3.22. The van der Waals surface area contributed by atoms with Gasteiger partial charge in [0.1, 0.15) is 0 Å². The molecule has 2 unspecified atom stereocenters. The van der Waals surface area contributed by atoms with E-state index in [9.17, 15) is 4.21 Å². The fourth-order valence-corrected chi connectivity index (χ4v) is 3.11. The molecule has 0 aliphatic heterocycles. The molecule has 16 heavy (non-hydrogen) atoms. The standard InChI is InChI=1S/C12H18ClNOS/c1-8(2)9(3)16(15)7-10-11(13)5-4-6-12(10)14/h4-6,8-9H,7,14H2,1-3H3. The van der Waals surface area contributed by atoms with Gasteiger partial charge in [0, 0.05) is 32.3 Å². The molecule has 0 spiro atoms. The fourth-order valence-electron chi connectivity index (χ4n) is 1.30. The monoisotopic (exact) mass is 259 g/mol. The minimum atomic E-state index is -0.931. The number of nitrogens with two attached hydrogens (primary N) is 1. The van der Waals surface area contributed by atoms with Crippen molar-refractivity contribution in [2.45, 2.75) is 31.8 Å². The number of anilines is 1. The van der Waals surface area contributed by atoms with E-state index in [0.29, 0.717) is 22.4 Å². The zero-order valence-corrected chi connectivity index (χ0v) is 11.4. The van der Waals surface area contributed by atoms with E-state index in [1.165, 1.54) is 0 Å². The summed E-state index contributed by atoms with van der Waals surface area (Å²) in [6.07, 6.45) is 0. The maximum atomic E-state index is 12.1. The van der Waals surface area contributed by atoms with Crippen LogP contribution in [0, 0.1) is 5.92 Å². The molecule has 2 atom stereocenters. The summed E-state index contributed by atoms with van der Waals surface area (Å²) in [5.41, 5.74) is 7.25. The summed E-state index contributed by atoms with van der Waals surface area (Å²) in [4.78, 5) is 0. The summed E-state index contributed by atoms with van der Waals surface area (Å²) in [6, 6.07) is 5.37. The lowest BCUT2D eigenvalue weighted by Crippen LogP contribution is -2.19. The van der Waals surface area contributed by atoms with Crippen molar-refractivity contribution in [1.82, 2.24) is 0 Å². The largest absolute Gasteiger partial charge is 0.398 e. The smallest absolute Gasteiger partial charge is 0.0523 e. The van der Waals surface area contributed by atoms with E-state index < -0.39 is 10.8 Å². The number of nitrogen functional groups attached to an aromatic ring is 1. The second kappa shape index (κ2) is 5.69. The summed E-state index contributed by atoms with van der Waals surface area (Å²) >= 11 is 6.04. The van der Waals surface area contributed by atoms with Crippen molar-refractivity contribution in [3.63, 3.8) is 0 Å². The highest BCUT2D eigenvalue weighted by Gasteiger charge is 2.17. The Morgan fingerprint density at radius 3 is 2.50 bits per heavy atom. The topological polar surface area (TPSA) is 43.1 Å². The first kappa shape index (κ1) is 13.5. The van der Waals surface area contributed by atoms with Crippen molar-refractivity contribution in [2.24, 2.45) is 5.92 Å². The van der Waals surface area contributed by atoms with Gasteiger partial charge in [-0.2, -0.15) is 0 Å². The Bertz CT molecular complexity index is 372. The lowest BCUT2D eigenvalue weighted by atomic mass is 10.2. The molecule has 0 amide bonds. The average Bonchev–Trinajstić information content (AvgIpc) is 2.22. The van der Waals surface area contributed by atoms with Crippen LogP contribution in [0.25, 0.3) is 0 Å². The van der Waals surface area contributed by atoms with Gasteiger partial charge in [0.15, 0.2) is 0 Å². The maximum absolute atomic E-state index is 12.1. The second-order valence-electron chi connectivity index (χ2n) is 4.28. The van der Waals surface area contributed by atoms with Gasteiger partial charge in [-0.05, 0) is 18.1 Å². The highest BCUT2D eigenvalue weighted by atomic mass is 35.5. The van der Waals surface area contributed by atoms with Crippen molar-refractivity contribution in [3.05, 3.63) is 28.8 Å². The molecule has 0 fully saturated rings. The molecule has 0 saturated carbocycles. The van der Waals surface area contributed by atoms with Crippen LogP contribution in [0.3, 0.4) is 0 Å². The first-order chi connectivity index (χ1) is 7.43. The van der Waals surface area contributed by atoms with Crippen LogP contribution in [0.2, 0.25) is 5.02 Å². The summed E-state index contributed by atoms with van der Waals surface area (Å²) in [6.45, 7) is 6.13. The van der Waals surface area contributed by atoms with Gasteiger partial charge in [-0.1, -0.05) is 38.4 Å². The number of rotatable bonds is 4. The lowest BCUT2D eigenvalue weighted by Gasteiger charge is -2.16. The van der Waals surface area contributed by atoms with Crippen molar-refractivity contribution in [3.8, 4) is 0 Å². The van der Waals surface area contributed by atoms with Gasteiger partial charge in [-0.3, -0.25) is 4.21 Å². The quantitative estimate of drug-likeness (QED) is 0.844. The van der Waals surface area contributed by atoms with Crippen LogP contribution in [0.1, 0.15) is 26.3 Å². The van der Waals surface area contributed by atoms with Crippen LogP contribution in [-0.4, -0.2) is 9.46 Å². The average molecular weight is 260 g/mol. The van der Waals surface area contributed by atoms with E-state index >= 15 is 0 Å². The SMILES string of the molecule is CC(C)C(C)S(=O)Cc1c(N)cccc1Cl. The number of hydrogen-bond donors (Lipinski definition) is 1. The molecular formula is C12H18ClNOS.